The molecule has 0 radical (unpaired) electrons. The average molecular weight is 216 g/mol. The summed E-state index contributed by atoms with van der Waals surface area (Å²) >= 11 is 5.68. The molecule has 0 heterocycles. The van der Waals surface area contributed by atoms with Crippen molar-refractivity contribution in [3.8, 4) is 0 Å². The van der Waals surface area contributed by atoms with Crippen LogP contribution in [0.1, 0.15) is 31.4 Å². The van der Waals surface area contributed by atoms with E-state index < -0.39 is 0 Å². The molecule has 1 aromatic carbocycles. The molecular formula is C11H15ClFN. The Morgan fingerprint density at radius 2 is 2.21 bits per heavy atom. The molecule has 1 aromatic rings. The summed E-state index contributed by atoms with van der Waals surface area (Å²) in [6.45, 7) is 2.08. The first kappa shape index (κ1) is 11.5. The maximum atomic E-state index is 13.5. The van der Waals surface area contributed by atoms with Crippen molar-refractivity contribution in [2.45, 2.75) is 25.8 Å². The van der Waals surface area contributed by atoms with Crippen LogP contribution in [0, 0.1) is 5.82 Å². The van der Waals surface area contributed by atoms with E-state index in [1.165, 1.54) is 6.07 Å². The van der Waals surface area contributed by atoms with Gasteiger partial charge in [-0.25, -0.2) is 4.39 Å². The van der Waals surface area contributed by atoms with Crippen molar-refractivity contribution in [2.75, 3.05) is 7.05 Å². The predicted octanol–water partition coefficient (Wildman–Crippen LogP) is 3.54. The lowest BCUT2D eigenvalue weighted by Crippen LogP contribution is -2.17. The lowest BCUT2D eigenvalue weighted by atomic mass is 10.0. The Hall–Kier alpha value is -0.600. The molecule has 0 amide bonds. The maximum absolute atomic E-state index is 13.5. The summed E-state index contributed by atoms with van der Waals surface area (Å²) in [7, 11) is 1.84. The van der Waals surface area contributed by atoms with Gasteiger partial charge < -0.3 is 5.32 Å². The largest absolute Gasteiger partial charge is 0.313 e. The third-order valence-electron chi connectivity index (χ3n) is 2.26. The van der Waals surface area contributed by atoms with E-state index in [0.29, 0.717) is 10.6 Å². The Morgan fingerprint density at radius 3 is 2.71 bits per heavy atom. The van der Waals surface area contributed by atoms with Gasteiger partial charge in [0.1, 0.15) is 5.82 Å². The van der Waals surface area contributed by atoms with Crippen molar-refractivity contribution < 1.29 is 4.39 Å². The summed E-state index contributed by atoms with van der Waals surface area (Å²) in [6.07, 6.45) is 1.95. The van der Waals surface area contributed by atoms with E-state index in [1.807, 2.05) is 7.05 Å². The SMILES string of the molecule is CCCC(NC)c1ccc(Cl)cc1F. The van der Waals surface area contributed by atoms with Crippen molar-refractivity contribution in [3.63, 3.8) is 0 Å². The van der Waals surface area contributed by atoms with Crippen LogP contribution in [0.25, 0.3) is 0 Å². The lowest BCUT2D eigenvalue weighted by molar-refractivity contribution is 0.504. The molecule has 0 aliphatic rings. The van der Waals surface area contributed by atoms with Gasteiger partial charge in [-0.2, -0.15) is 0 Å². The summed E-state index contributed by atoms with van der Waals surface area (Å²) in [5.74, 6) is -0.231. The Balaban J connectivity index is 2.92. The van der Waals surface area contributed by atoms with Gasteiger partial charge in [-0.05, 0) is 25.6 Å². The second-order valence-electron chi connectivity index (χ2n) is 3.30. The molecule has 78 valence electrons. The second kappa shape index (κ2) is 5.32. The Kier molecular flexibility index (Phi) is 4.36. The molecule has 0 saturated carbocycles. The number of rotatable bonds is 4. The first-order valence-corrected chi connectivity index (χ1v) is 5.19. The number of hydrogen-bond acceptors (Lipinski definition) is 1. The number of benzene rings is 1. The van der Waals surface area contributed by atoms with Crippen LogP contribution in [0.15, 0.2) is 18.2 Å². The quantitative estimate of drug-likeness (QED) is 0.810. The molecule has 14 heavy (non-hydrogen) atoms. The first-order chi connectivity index (χ1) is 6.69. The second-order valence-corrected chi connectivity index (χ2v) is 3.73. The highest BCUT2D eigenvalue weighted by molar-refractivity contribution is 6.30. The minimum absolute atomic E-state index is 0.0808. The lowest BCUT2D eigenvalue weighted by Gasteiger charge is -2.16. The molecule has 0 fully saturated rings. The van der Waals surface area contributed by atoms with Crippen molar-refractivity contribution >= 4 is 11.6 Å². The average Bonchev–Trinajstić information content (AvgIpc) is 2.15. The summed E-state index contributed by atoms with van der Waals surface area (Å²) in [6, 6.07) is 4.91. The highest BCUT2D eigenvalue weighted by atomic mass is 35.5. The summed E-state index contributed by atoms with van der Waals surface area (Å²) in [4.78, 5) is 0. The molecule has 3 heteroatoms. The molecule has 1 unspecified atom stereocenters. The topological polar surface area (TPSA) is 12.0 Å². The van der Waals surface area contributed by atoms with Gasteiger partial charge in [0.15, 0.2) is 0 Å². The molecular weight excluding hydrogens is 201 g/mol. The minimum Gasteiger partial charge on any atom is -0.313 e. The maximum Gasteiger partial charge on any atom is 0.129 e. The van der Waals surface area contributed by atoms with Gasteiger partial charge in [0.2, 0.25) is 0 Å². The molecule has 1 nitrogen and oxygen atoms in total. The van der Waals surface area contributed by atoms with Gasteiger partial charge in [0.25, 0.3) is 0 Å². The number of halogens is 2. The smallest absolute Gasteiger partial charge is 0.129 e. The van der Waals surface area contributed by atoms with Gasteiger partial charge in [0, 0.05) is 16.6 Å². The zero-order chi connectivity index (χ0) is 10.6. The fraction of sp³-hybridized carbons (Fsp3) is 0.455. The first-order valence-electron chi connectivity index (χ1n) is 4.81. The van der Waals surface area contributed by atoms with Crippen LogP contribution < -0.4 is 5.32 Å². The van der Waals surface area contributed by atoms with Crippen molar-refractivity contribution in [2.24, 2.45) is 0 Å². The van der Waals surface area contributed by atoms with Gasteiger partial charge in [-0.3, -0.25) is 0 Å². The van der Waals surface area contributed by atoms with E-state index in [4.69, 9.17) is 11.6 Å². The normalized spacial score (nSPS) is 12.9. The highest BCUT2D eigenvalue weighted by Crippen LogP contribution is 2.23. The fourth-order valence-electron chi connectivity index (χ4n) is 1.53. The van der Waals surface area contributed by atoms with Gasteiger partial charge in [-0.1, -0.05) is 31.0 Å². The summed E-state index contributed by atoms with van der Waals surface area (Å²) in [5, 5.41) is 3.54. The van der Waals surface area contributed by atoms with E-state index >= 15 is 0 Å². The molecule has 0 aromatic heterocycles. The van der Waals surface area contributed by atoms with Gasteiger partial charge in [-0.15, -0.1) is 0 Å². The monoisotopic (exact) mass is 215 g/mol. The van der Waals surface area contributed by atoms with E-state index in [1.54, 1.807) is 12.1 Å². The molecule has 0 bridgehead atoms. The number of nitrogens with one attached hydrogen (secondary N) is 1. The van der Waals surface area contributed by atoms with Crippen molar-refractivity contribution in [3.05, 3.63) is 34.6 Å². The summed E-state index contributed by atoms with van der Waals surface area (Å²) in [5.41, 5.74) is 0.693. The van der Waals surface area contributed by atoms with Crippen LogP contribution in [0.2, 0.25) is 5.02 Å². The van der Waals surface area contributed by atoms with Crippen LogP contribution in [0.3, 0.4) is 0 Å². The van der Waals surface area contributed by atoms with E-state index in [2.05, 4.69) is 12.2 Å². The molecule has 0 aliphatic heterocycles. The number of hydrogen-bond donors (Lipinski definition) is 1. The van der Waals surface area contributed by atoms with E-state index in [0.717, 1.165) is 12.8 Å². The Morgan fingerprint density at radius 1 is 1.50 bits per heavy atom. The fourth-order valence-corrected chi connectivity index (χ4v) is 1.69. The third kappa shape index (κ3) is 2.69. The molecule has 0 spiro atoms. The molecule has 1 rings (SSSR count). The van der Waals surface area contributed by atoms with Crippen molar-refractivity contribution in [1.82, 2.24) is 5.32 Å². The van der Waals surface area contributed by atoms with Crippen LogP contribution in [0.5, 0.6) is 0 Å². The zero-order valence-electron chi connectivity index (χ0n) is 8.48. The molecule has 1 atom stereocenters. The molecule has 0 saturated heterocycles. The standard InChI is InChI=1S/C11H15ClFN/c1-3-4-11(14-2)9-6-5-8(12)7-10(9)13/h5-7,11,14H,3-4H2,1-2H3. The van der Waals surface area contributed by atoms with Gasteiger partial charge >= 0.3 is 0 Å². The zero-order valence-corrected chi connectivity index (χ0v) is 9.24. The molecule has 1 N–H and O–H groups in total. The van der Waals surface area contributed by atoms with Crippen LogP contribution in [0.4, 0.5) is 4.39 Å². The highest BCUT2D eigenvalue weighted by Gasteiger charge is 2.12. The minimum atomic E-state index is -0.231. The third-order valence-corrected chi connectivity index (χ3v) is 2.50. The molecule has 0 aliphatic carbocycles. The van der Waals surface area contributed by atoms with Crippen molar-refractivity contribution in [1.29, 1.82) is 0 Å². The Labute approximate surface area is 89.3 Å². The Bertz CT molecular complexity index is 301. The van der Waals surface area contributed by atoms with E-state index in [9.17, 15) is 4.39 Å². The van der Waals surface area contributed by atoms with Crippen LogP contribution in [-0.2, 0) is 0 Å². The predicted molar refractivity (Wildman–Crippen MR) is 58.1 cm³/mol. The van der Waals surface area contributed by atoms with Gasteiger partial charge in [0.05, 0.1) is 0 Å². The summed E-state index contributed by atoms with van der Waals surface area (Å²) < 4.78 is 13.5. The van der Waals surface area contributed by atoms with Crippen LogP contribution in [-0.4, -0.2) is 7.05 Å². The van der Waals surface area contributed by atoms with E-state index in [-0.39, 0.29) is 11.9 Å². The van der Waals surface area contributed by atoms with Crippen LogP contribution >= 0.6 is 11.6 Å².